The molecule has 0 atom stereocenters. The molecule has 5 heteroatoms. The van der Waals surface area contributed by atoms with E-state index in [1.165, 1.54) is 4.90 Å². The number of barbiturate groups is 1. The second kappa shape index (κ2) is 3.05. The first-order chi connectivity index (χ1) is 6.94. The van der Waals surface area contributed by atoms with E-state index in [2.05, 4.69) is 5.32 Å². The summed E-state index contributed by atoms with van der Waals surface area (Å²) in [6.45, 7) is 3.09. The van der Waals surface area contributed by atoms with Crippen molar-refractivity contribution in [3.05, 3.63) is 0 Å². The first kappa shape index (κ1) is 10.1. The van der Waals surface area contributed by atoms with Crippen molar-refractivity contribution in [2.45, 2.75) is 39.2 Å². The first-order valence-electron chi connectivity index (χ1n) is 5.13. The number of rotatable bonds is 1. The predicted octanol–water partition coefficient (Wildman–Crippen LogP) is 0.643. The fourth-order valence-electron chi connectivity index (χ4n) is 1.78. The number of urea groups is 1. The van der Waals surface area contributed by atoms with E-state index in [-0.39, 0.29) is 11.9 Å². The zero-order valence-electron chi connectivity index (χ0n) is 8.87. The molecule has 1 heterocycles. The van der Waals surface area contributed by atoms with Crippen molar-refractivity contribution in [2.75, 3.05) is 0 Å². The highest BCUT2D eigenvalue weighted by atomic mass is 16.2. The number of carbonyl (C=O) groups is 3. The molecule has 0 aromatic rings. The monoisotopic (exact) mass is 210 g/mol. The summed E-state index contributed by atoms with van der Waals surface area (Å²) in [6, 6.07) is -0.570. The molecule has 4 amide bonds. The van der Waals surface area contributed by atoms with E-state index in [1.807, 2.05) is 0 Å². The third kappa shape index (κ3) is 1.33. The van der Waals surface area contributed by atoms with Crippen LogP contribution < -0.4 is 5.32 Å². The molecular formula is C10H14N2O3. The lowest BCUT2D eigenvalue weighted by Gasteiger charge is -2.42. The molecule has 1 aliphatic heterocycles. The van der Waals surface area contributed by atoms with E-state index in [0.29, 0.717) is 0 Å². The van der Waals surface area contributed by atoms with Crippen molar-refractivity contribution in [1.82, 2.24) is 10.2 Å². The van der Waals surface area contributed by atoms with E-state index in [1.54, 1.807) is 13.8 Å². The molecule has 0 radical (unpaired) electrons. The van der Waals surface area contributed by atoms with Crippen LogP contribution in [0.25, 0.3) is 0 Å². The number of nitrogens with zero attached hydrogens (tertiary/aromatic N) is 1. The fraction of sp³-hybridized carbons (Fsp3) is 0.700. The van der Waals surface area contributed by atoms with Crippen LogP contribution in [0.3, 0.4) is 0 Å². The number of hydrogen-bond donors (Lipinski definition) is 1. The molecule has 82 valence electrons. The van der Waals surface area contributed by atoms with Crippen molar-refractivity contribution < 1.29 is 14.4 Å². The number of nitrogens with one attached hydrogen (secondary N) is 1. The standard InChI is InChI=1S/C10H14N2O3/c1-10(2)7(13)11-9(15)12(8(10)14)6-4-3-5-6/h6H,3-5H2,1-2H3,(H,11,13,15). The van der Waals surface area contributed by atoms with Crippen LogP contribution in [0, 0.1) is 5.41 Å². The Morgan fingerprint density at radius 1 is 1.27 bits per heavy atom. The molecule has 2 fully saturated rings. The van der Waals surface area contributed by atoms with Gasteiger partial charge in [-0.15, -0.1) is 0 Å². The minimum atomic E-state index is -1.12. The number of amides is 4. The van der Waals surface area contributed by atoms with E-state index in [4.69, 9.17) is 0 Å². The van der Waals surface area contributed by atoms with Crippen LogP contribution in [-0.2, 0) is 9.59 Å². The lowest BCUT2D eigenvalue weighted by molar-refractivity contribution is -0.151. The molecule has 1 saturated carbocycles. The predicted molar refractivity (Wildman–Crippen MR) is 51.8 cm³/mol. The molecule has 1 N–H and O–H groups in total. The van der Waals surface area contributed by atoms with Gasteiger partial charge in [0.1, 0.15) is 5.41 Å². The zero-order valence-corrected chi connectivity index (χ0v) is 8.87. The minimum Gasteiger partial charge on any atom is -0.277 e. The molecule has 1 aliphatic carbocycles. The highest BCUT2D eigenvalue weighted by molar-refractivity contribution is 6.18. The number of carbonyl (C=O) groups excluding carboxylic acids is 3. The zero-order chi connectivity index (χ0) is 11.2. The lowest BCUT2D eigenvalue weighted by atomic mass is 9.84. The van der Waals surface area contributed by atoms with Crippen LogP contribution >= 0.6 is 0 Å². The van der Waals surface area contributed by atoms with E-state index in [0.717, 1.165) is 19.3 Å². The summed E-state index contributed by atoms with van der Waals surface area (Å²) in [4.78, 5) is 36.1. The van der Waals surface area contributed by atoms with Crippen LogP contribution in [0.1, 0.15) is 33.1 Å². The van der Waals surface area contributed by atoms with Gasteiger partial charge in [-0.05, 0) is 33.1 Å². The van der Waals surface area contributed by atoms with Crippen LogP contribution in [0.4, 0.5) is 4.79 Å². The highest BCUT2D eigenvalue weighted by Gasteiger charge is 2.49. The first-order valence-corrected chi connectivity index (χ1v) is 5.13. The van der Waals surface area contributed by atoms with Gasteiger partial charge in [0, 0.05) is 6.04 Å². The summed E-state index contributed by atoms with van der Waals surface area (Å²) in [5.74, 6) is -0.881. The molecule has 0 aromatic carbocycles. The number of imide groups is 2. The van der Waals surface area contributed by atoms with E-state index >= 15 is 0 Å². The molecule has 5 nitrogen and oxygen atoms in total. The quantitative estimate of drug-likeness (QED) is 0.646. The summed E-state index contributed by atoms with van der Waals surface area (Å²) in [7, 11) is 0. The summed E-state index contributed by atoms with van der Waals surface area (Å²) in [5.41, 5.74) is -1.12. The van der Waals surface area contributed by atoms with Gasteiger partial charge in [-0.1, -0.05) is 0 Å². The van der Waals surface area contributed by atoms with Crippen LogP contribution in [-0.4, -0.2) is 28.8 Å². The largest absolute Gasteiger partial charge is 0.331 e. The SMILES string of the molecule is CC1(C)C(=O)NC(=O)N(C2CCC2)C1=O. The third-order valence-electron chi connectivity index (χ3n) is 3.20. The van der Waals surface area contributed by atoms with Gasteiger partial charge >= 0.3 is 6.03 Å². The van der Waals surface area contributed by atoms with Crippen molar-refractivity contribution in [3.8, 4) is 0 Å². The lowest BCUT2D eigenvalue weighted by Crippen LogP contribution is -2.65. The van der Waals surface area contributed by atoms with Crippen molar-refractivity contribution >= 4 is 17.8 Å². The van der Waals surface area contributed by atoms with Gasteiger partial charge in [0.25, 0.3) is 0 Å². The molecule has 15 heavy (non-hydrogen) atoms. The van der Waals surface area contributed by atoms with Crippen molar-refractivity contribution in [2.24, 2.45) is 5.41 Å². The summed E-state index contributed by atoms with van der Waals surface area (Å²) >= 11 is 0. The van der Waals surface area contributed by atoms with E-state index in [9.17, 15) is 14.4 Å². The third-order valence-corrected chi connectivity index (χ3v) is 3.20. The average molecular weight is 210 g/mol. The van der Waals surface area contributed by atoms with Gasteiger partial charge in [0.2, 0.25) is 11.8 Å². The van der Waals surface area contributed by atoms with Gasteiger partial charge < -0.3 is 0 Å². The van der Waals surface area contributed by atoms with Gasteiger partial charge in [-0.3, -0.25) is 19.8 Å². The highest BCUT2D eigenvalue weighted by Crippen LogP contribution is 2.31. The molecule has 0 unspecified atom stereocenters. The minimum absolute atomic E-state index is 0.00938. The molecular weight excluding hydrogens is 196 g/mol. The Morgan fingerprint density at radius 2 is 1.87 bits per heavy atom. The molecule has 1 saturated heterocycles. The van der Waals surface area contributed by atoms with Crippen molar-refractivity contribution in [3.63, 3.8) is 0 Å². The van der Waals surface area contributed by atoms with Gasteiger partial charge in [0.05, 0.1) is 0 Å². The summed E-state index contributed by atoms with van der Waals surface area (Å²) in [6.07, 6.45) is 2.74. The number of hydrogen-bond acceptors (Lipinski definition) is 3. The maximum absolute atomic E-state index is 11.9. The Labute approximate surface area is 87.8 Å². The van der Waals surface area contributed by atoms with Crippen LogP contribution in [0.2, 0.25) is 0 Å². The molecule has 2 aliphatic rings. The summed E-state index contributed by atoms with van der Waals surface area (Å²) in [5, 5.41) is 2.23. The molecule has 0 bridgehead atoms. The average Bonchev–Trinajstić information content (AvgIpc) is 2.07. The van der Waals surface area contributed by atoms with Gasteiger partial charge in [0.15, 0.2) is 0 Å². The maximum atomic E-state index is 11.9. The summed E-state index contributed by atoms with van der Waals surface area (Å²) < 4.78 is 0. The molecule has 0 spiro atoms. The van der Waals surface area contributed by atoms with Gasteiger partial charge in [-0.25, -0.2) is 4.79 Å². The molecule has 0 aromatic heterocycles. The Balaban J connectivity index is 2.27. The topological polar surface area (TPSA) is 66.5 Å². The molecule has 2 rings (SSSR count). The second-order valence-electron chi connectivity index (χ2n) is 4.64. The van der Waals surface area contributed by atoms with Crippen LogP contribution in [0.5, 0.6) is 0 Å². The van der Waals surface area contributed by atoms with E-state index < -0.39 is 17.4 Å². The van der Waals surface area contributed by atoms with Crippen LogP contribution in [0.15, 0.2) is 0 Å². The maximum Gasteiger partial charge on any atom is 0.331 e. The smallest absolute Gasteiger partial charge is 0.277 e. The Hall–Kier alpha value is -1.39. The van der Waals surface area contributed by atoms with Crippen molar-refractivity contribution in [1.29, 1.82) is 0 Å². The Morgan fingerprint density at radius 3 is 2.33 bits per heavy atom. The Bertz CT molecular complexity index is 345. The second-order valence-corrected chi connectivity index (χ2v) is 4.64. The van der Waals surface area contributed by atoms with Gasteiger partial charge in [-0.2, -0.15) is 0 Å². The fourth-order valence-corrected chi connectivity index (χ4v) is 1.78. The Kier molecular flexibility index (Phi) is 2.06. The normalized spacial score (nSPS) is 26.3.